The average Bonchev–Trinajstić information content (AvgIpc) is 1.86. The number of nitrogens with two attached hydrogens (primary N) is 1. The van der Waals surface area contributed by atoms with Gasteiger partial charge in [-0.2, -0.15) is 0 Å². The summed E-state index contributed by atoms with van der Waals surface area (Å²) in [5, 5.41) is 2.73. The van der Waals surface area contributed by atoms with Crippen LogP contribution in [-0.2, 0) is 0 Å². The molecule has 4 N–H and O–H groups in total. The number of hydrogen-bond acceptors (Lipinski definition) is 2. The zero-order valence-corrected chi connectivity index (χ0v) is 7.40. The van der Waals surface area contributed by atoms with Gasteiger partial charge in [-0.05, 0) is 20.3 Å². The van der Waals surface area contributed by atoms with Crippen LogP contribution in [0.15, 0.2) is 0 Å². The molecule has 0 rings (SSSR count). The highest BCUT2D eigenvalue weighted by atomic mass is 16.2. The first-order chi connectivity index (χ1) is 5.02. The van der Waals surface area contributed by atoms with Gasteiger partial charge in [-0.1, -0.05) is 13.3 Å². The first kappa shape index (κ1) is 10.2. The van der Waals surface area contributed by atoms with Gasteiger partial charge in [0.15, 0.2) is 0 Å². The van der Waals surface area contributed by atoms with Crippen LogP contribution in [0.2, 0.25) is 0 Å². The highest BCUT2D eigenvalue weighted by Gasteiger charge is 2.17. The van der Waals surface area contributed by atoms with Crippen molar-refractivity contribution in [3.05, 3.63) is 0 Å². The fraction of sp³-hybridized carbons (Fsp3) is 0.857. The van der Waals surface area contributed by atoms with E-state index in [1.165, 1.54) is 0 Å². The third-order valence-electron chi connectivity index (χ3n) is 1.46. The van der Waals surface area contributed by atoms with Crippen LogP contribution >= 0.6 is 0 Å². The Hall–Kier alpha value is -0.770. The summed E-state index contributed by atoms with van der Waals surface area (Å²) in [5.74, 6) is 4.91. The van der Waals surface area contributed by atoms with Gasteiger partial charge < -0.3 is 5.32 Å². The predicted octanol–water partition coefficient (Wildman–Crippen LogP) is 0.738. The molecule has 0 spiro atoms. The van der Waals surface area contributed by atoms with Crippen LogP contribution in [0, 0.1) is 0 Å². The fourth-order valence-electron chi connectivity index (χ4n) is 1.03. The molecule has 0 aromatic carbocycles. The molecule has 4 heteroatoms. The van der Waals surface area contributed by atoms with Gasteiger partial charge in [0.1, 0.15) is 0 Å². The Kier molecular flexibility index (Phi) is 3.89. The van der Waals surface area contributed by atoms with Gasteiger partial charge in [0.05, 0.1) is 0 Å². The molecule has 0 aliphatic heterocycles. The van der Waals surface area contributed by atoms with E-state index in [4.69, 9.17) is 5.84 Å². The number of rotatable bonds is 3. The van der Waals surface area contributed by atoms with Gasteiger partial charge >= 0.3 is 6.03 Å². The summed E-state index contributed by atoms with van der Waals surface area (Å²) < 4.78 is 0. The van der Waals surface area contributed by atoms with Gasteiger partial charge in [-0.15, -0.1) is 0 Å². The molecule has 2 amide bonds. The van der Waals surface area contributed by atoms with Crippen molar-refractivity contribution in [2.24, 2.45) is 5.84 Å². The average molecular weight is 159 g/mol. The van der Waals surface area contributed by atoms with E-state index in [0.29, 0.717) is 0 Å². The number of urea groups is 1. The molecule has 4 nitrogen and oxygen atoms in total. The lowest BCUT2D eigenvalue weighted by molar-refractivity contribution is 0.228. The van der Waals surface area contributed by atoms with Gasteiger partial charge in [-0.25, -0.2) is 10.6 Å². The van der Waals surface area contributed by atoms with Crippen molar-refractivity contribution in [2.75, 3.05) is 0 Å². The normalized spacial score (nSPS) is 10.9. The number of amides is 2. The van der Waals surface area contributed by atoms with Crippen LogP contribution < -0.4 is 16.6 Å². The molecule has 0 unspecified atom stereocenters. The smallest absolute Gasteiger partial charge is 0.329 e. The molecule has 0 radical (unpaired) electrons. The molecule has 0 bridgehead atoms. The predicted molar refractivity (Wildman–Crippen MR) is 44.8 cm³/mol. The number of carbonyl (C=O) groups is 1. The molecule has 0 saturated carbocycles. The third-order valence-corrected chi connectivity index (χ3v) is 1.46. The molecular weight excluding hydrogens is 142 g/mol. The SMILES string of the molecule is CCCC(C)(C)NC(=O)NN. The van der Waals surface area contributed by atoms with E-state index in [-0.39, 0.29) is 11.6 Å². The maximum absolute atomic E-state index is 10.8. The summed E-state index contributed by atoms with van der Waals surface area (Å²) in [6.45, 7) is 6.00. The van der Waals surface area contributed by atoms with Gasteiger partial charge in [-0.3, -0.25) is 5.43 Å². The Morgan fingerprint density at radius 1 is 1.55 bits per heavy atom. The zero-order chi connectivity index (χ0) is 8.91. The van der Waals surface area contributed by atoms with Crippen molar-refractivity contribution < 1.29 is 4.79 Å². The fourth-order valence-corrected chi connectivity index (χ4v) is 1.03. The second-order valence-corrected chi connectivity index (χ2v) is 3.23. The highest BCUT2D eigenvalue weighted by Crippen LogP contribution is 2.09. The molecule has 66 valence electrons. The van der Waals surface area contributed by atoms with Crippen LogP contribution in [0.1, 0.15) is 33.6 Å². The summed E-state index contributed by atoms with van der Waals surface area (Å²) >= 11 is 0. The maximum Gasteiger partial charge on any atom is 0.329 e. The van der Waals surface area contributed by atoms with Crippen LogP contribution in [0.5, 0.6) is 0 Å². The Balaban J connectivity index is 3.80. The summed E-state index contributed by atoms with van der Waals surface area (Å²) in [7, 11) is 0. The number of carbonyl (C=O) groups excluding carboxylic acids is 1. The topological polar surface area (TPSA) is 67.2 Å². The maximum atomic E-state index is 10.8. The minimum Gasteiger partial charge on any atom is -0.332 e. The van der Waals surface area contributed by atoms with Crippen molar-refractivity contribution in [3.8, 4) is 0 Å². The van der Waals surface area contributed by atoms with E-state index in [1.54, 1.807) is 0 Å². The van der Waals surface area contributed by atoms with Crippen molar-refractivity contribution in [1.82, 2.24) is 10.7 Å². The van der Waals surface area contributed by atoms with E-state index in [9.17, 15) is 4.79 Å². The van der Waals surface area contributed by atoms with E-state index < -0.39 is 0 Å². The van der Waals surface area contributed by atoms with Crippen LogP contribution in [0.3, 0.4) is 0 Å². The monoisotopic (exact) mass is 159 g/mol. The molecule has 0 fully saturated rings. The Bertz CT molecular complexity index is 134. The Labute approximate surface area is 67.5 Å². The van der Waals surface area contributed by atoms with E-state index >= 15 is 0 Å². The van der Waals surface area contributed by atoms with Crippen LogP contribution in [0.4, 0.5) is 4.79 Å². The lowest BCUT2D eigenvalue weighted by Crippen LogP contribution is -2.50. The quantitative estimate of drug-likeness (QED) is 0.323. The Morgan fingerprint density at radius 3 is 2.45 bits per heavy atom. The molecule has 0 aromatic heterocycles. The van der Waals surface area contributed by atoms with Crippen molar-refractivity contribution in [3.63, 3.8) is 0 Å². The lowest BCUT2D eigenvalue weighted by Gasteiger charge is -2.24. The summed E-state index contributed by atoms with van der Waals surface area (Å²) in [6.07, 6.45) is 1.98. The summed E-state index contributed by atoms with van der Waals surface area (Å²) in [6, 6.07) is -0.330. The van der Waals surface area contributed by atoms with Crippen molar-refractivity contribution in [1.29, 1.82) is 0 Å². The van der Waals surface area contributed by atoms with E-state index in [0.717, 1.165) is 12.8 Å². The minimum absolute atomic E-state index is 0.168. The van der Waals surface area contributed by atoms with Gasteiger partial charge in [0.25, 0.3) is 0 Å². The first-order valence-electron chi connectivity index (χ1n) is 3.80. The van der Waals surface area contributed by atoms with Gasteiger partial charge in [0, 0.05) is 5.54 Å². The third kappa shape index (κ3) is 4.61. The summed E-state index contributed by atoms with van der Waals surface area (Å²) in [4.78, 5) is 10.8. The highest BCUT2D eigenvalue weighted by molar-refractivity contribution is 5.73. The van der Waals surface area contributed by atoms with E-state index in [2.05, 4.69) is 12.2 Å². The Morgan fingerprint density at radius 2 is 2.09 bits per heavy atom. The number of nitrogens with one attached hydrogen (secondary N) is 2. The zero-order valence-electron chi connectivity index (χ0n) is 7.40. The van der Waals surface area contributed by atoms with E-state index in [1.807, 2.05) is 19.3 Å². The largest absolute Gasteiger partial charge is 0.332 e. The number of hydrazine groups is 1. The number of hydrogen-bond donors (Lipinski definition) is 3. The molecule has 0 aliphatic carbocycles. The van der Waals surface area contributed by atoms with Gasteiger partial charge in [0.2, 0.25) is 0 Å². The molecular formula is C7H17N3O. The summed E-state index contributed by atoms with van der Waals surface area (Å²) in [5.41, 5.74) is 1.86. The van der Waals surface area contributed by atoms with Crippen molar-refractivity contribution >= 4 is 6.03 Å². The molecule has 11 heavy (non-hydrogen) atoms. The van der Waals surface area contributed by atoms with Crippen molar-refractivity contribution in [2.45, 2.75) is 39.2 Å². The molecule has 0 saturated heterocycles. The molecule has 0 heterocycles. The standard InChI is InChI=1S/C7H17N3O/c1-4-5-7(2,3)9-6(11)10-8/h4-5,8H2,1-3H3,(H2,9,10,11). The first-order valence-corrected chi connectivity index (χ1v) is 3.80. The molecule has 0 aliphatic rings. The second-order valence-electron chi connectivity index (χ2n) is 3.23. The lowest BCUT2D eigenvalue weighted by atomic mass is 9.99. The molecule has 0 aromatic rings. The second kappa shape index (κ2) is 4.18. The van der Waals surface area contributed by atoms with Crippen LogP contribution in [0.25, 0.3) is 0 Å². The minimum atomic E-state index is -0.330. The van der Waals surface area contributed by atoms with Crippen LogP contribution in [-0.4, -0.2) is 11.6 Å². The molecule has 0 atom stereocenters.